The van der Waals surface area contributed by atoms with E-state index in [1.165, 1.54) is 0 Å². The molecule has 0 radical (unpaired) electrons. The summed E-state index contributed by atoms with van der Waals surface area (Å²) in [4.78, 5) is 0.196. The number of rotatable bonds is 7. The van der Waals surface area contributed by atoms with E-state index in [0.29, 0.717) is 6.42 Å². The highest BCUT2D eigenvalue weighted by molar-refractivity contribution is 7.86. The molecule has 114 valence electrons. The van der Waals surface area contributed by atoms with Crippen molar-refractivity contribution < 1.29 is 17.3 Å². The van der Waals surface area contributed by atoms with Crippen LogP contribution < -0.4 is 4.74 Å². The monoisotopic (exact) mass is 326 g/mol. The third-order valence-electron chi connectivity index (χ3n) is 3.06. The van der Waals surface area contributed by atoms with Crippen molar-refractivity contribution in [3.63, 3.8) is 0 Å². The smallest absolute Gasteiger partial charge is 0.296 e. The molecule has 1 aromatic carbocycles. The summed E-state index contributed by atoms with van der Waals surface area (Å²) in [6.07, 6.45) is 1.36. The average Bonchev–Trinajstić information content (AvgIpc) is 2.91. The van der Waals surface area contributed by atoms with Gasteiger partial charge in [0.15, 0.2) is 0 Å². The lowest BCUT2D eigenvalue weighted by Crippen LogP contribution is -2.08. The fraction of sp³-hybridized carbons (Fsp3) is 0.333. The van der Waals surface area contributed by atoms with Crippen molar-refractivity contribution in [2.75, 3.05) is 13.7 Å². The molecule has 0 amide bonds. The summed E-state index contributed by atoms with van der Waals surface area (Å²) in [6.45, 7) is 2.07. The number of benzene rings is 1. The van der Waals surface area contributed by atoms with Crippen molar-refractivity contribution in [3.8, 4) is 5.75 Å². The number of aryl methyl sites for hydroxylation is 2. The Bertz CT molecular complexity index is 672. The SMILES string of the molecule is COc1cscc1CCCOS(=O)(=O)c1ccc(C)cc1. The van der Waals surface area contributed by atoms with Crippen LogP contribution in [0.5, 0.6) is 5.75 Å². The average molecular weight is 326 g/mol. The Balaban J connectivity index is 1.86. The van der Waals surface area contributed by atoms with Crippen LogP contribution in [-0.4, -0.2) is 22.1 Å². The fourth-order valence-electron chi connectivity index (χ4n) is 1.88. The van der Waals surface area contributed by atoms with Crippen molar-refractivity contribution in [1.82, 2.24) is 0 Å². The highest BCUT2D eigenvalue weighted by atomic mass is 32.2. The van der Waals surface area contributed by atoms with Crippen LogP contribution in [0.3, 0.4) is 0 Å². The van der Waals surface area contributed by atoms with Gasteiger partial charge in [0.25, 0.3) is 10.1 Å². The largest absolute Gasteiger partial charge is 0.496 e. The predicted molar refractivity (Wildman–Crippen MR) is 83.5 cm³/mol. The van der Waals surface area contributed by atoms with Crippen molar-refractivity contribution in [2.45, 2.75) is 24.7 Å². The van der Waals surface area contributed by atoms with Gasteiger partial charge < -0.3 is 4.74 Å². The van der Waals surface area contributed by atoms with Crippen molar-refractivity contribution in [1.29, 1.82) is 0 Å². The van der Waals surface area contributed by atoms with Crippen LogP contribution in [0.15, 0.2) is 39.9 Å². The minimum atomic E-state index is -3.66. The maximum Gasteiger partial charge on any atom is 0.296 e. The molecular weight excluding hydrogens is 308 g/mol. The molecular formula is C15H18O4S2. The fourth-order valence-corrected chi connectivity index (χ4v) is 3.66. The van der Waals surface area contributed by atoms with Gasteiger partial charge in [-0.25, -0.2) is 0 Å². The van der Waals surface area contributed by atoms with Crippen LogP contribution in [0, 0.1) is 6.92 Å². The van der Waals surface area contributed by atoms with Crippen molar-refractivity contribution >= 4 is 21.5 Å². The van der Waals surface area contributed by atoms with Gasteiger partial charge >= 0.3 is 0 Å². The van der Waals surface area contributed by atoms with Gasteiger partial charge in [-0.3, -0.25) is 4.18 Å². The molecule has 0 aliphatic carbocycles. The lowest BCUT2D eigenvalue weighted by Gasteiger charge is -2.06. The molecule has 0 aliphatic heterocycles. The summed E-state index contributed by atoms with van der Waals surface area (Å²) < 4.78 is 34.2. The number of hydrogen-bond acceptors (Lipinski definition) is 5. The van der Waals surface area contributed by atoms with E-state index in [0.717, 1.165) is 23.3 Å². The zero-order valence-corrected chi connectivity index (χ0v) is 13.7. The van der Waals surface area contributed by atoms with Crippen LogP contribution in [0.1, 0.15) is 17.5 Å². The summed E-state index contributed by atoms with van der Waals surface area (Å²) in [5.74, 6) is 0.849. The first-order valence-corrected chi connectivity index (χ1v) is 8.93. The van der Waals surface area contributed by atoms with Gasteiger partial charge in [-0.05, 0) is 37.3 Å². The molecule has 0 aliphatic rings. The second kappa shape index (κ2) is 7.06. The molecule has 4 nitrogen and oxygen atoms in total. The Hall–Kier alpha value is -1.37. The molecule has 0 spiro atoms. The topological polar surface area (TPSA) is 52.6 Å². The number of methoxy groups -OCH3 is 1. The molecule has 0 saturated heterocycles. The van der Waals surface area contributed by atoms with Crippen LogP contribution in [0.4, 0.5) is 0 Å². The molecule has 2 rings (SSSR count). The Labute approximate surface area is 129 Å². The molecule has 0 unspecified atom stereocenters. The molecule has 0 bridgehead atoms. The number of thiophene rings is 1. The molecule has 6 heteroatoms. The number of hydrogen-bond donors (Lipinski definition) is 0. The molecule has 2 aromatic rings. The van der Waals surface area contributed by atoms with E-state index in [-0.39, 0.29) is 11.5 Å². The molecule has 21 heavy (non-hydrogen) atoms. The standard InChI is InChI=1S/C15H18O4S2/c1-12-5-7-14(8-6-12)21(16,17)19-9-3-4-13-10-20-11-15(13)18-2/h5-8,10-11H,3-4,9H2,1-2H3. The second-order valence-electron chi connectivity index (χ2n) is 4.66. The van der Waals surface area contributed by atoms with Crippen LogP contribution in [0.25, 0.3) is 0 Å². The Morgan fingerprint density at radius 2 is 1.86 bits per heavy atom. The maximum absolute atomic E-state index is 12.0. The van der Waals surface area contributed by atoms with Crippen LogP contribution in [0.2, 0.25) is 0 Å². The highest BCUT2D eigenvalue weighted by Crippen LogP contribution is 2.24. The van der Waals surface area contributed by atoms with Gasteiger partial charge in [-0.2, -0.15) is 8.42 Å². The second-order valence-corrected chi connectivity index (χ2v) is 7.02. The van der Waals surface area contributed by atoms with E-state index < -0.39 is 10.1 Å². The molecule has 0 saturated carbocycles. The zero-order chi connectivity index (χ0) is 15.3. The Morgan fingerprint density at radius 1 is 1.14 bits per heavy atom. The Morgan fingerprint density at radius 3 is 2.52 bits per heavy atom. The van der Waals surface area contributed by atoms with Crippen LogP contribution >= 0.6 is 11.3 Å². The molecule has 0 atom stereocenters. The number of ether oxygens (including phenoxy) is 1. The van der Waals surface area contributed by atoms with E-state index in [2.05, 4.69) is 0 Å². The van der Waals surface area contributed by atoms with Gasteiger partial charge in [0, 0.05) is 10.9 Å². The summed E-state index contributed by atoms with van der Waals surface area (Å²) in [7, 11) is -2.03. The summed E-state index contributed by atoms with van der Waals surface area (Å²) in [6, 6.07) is 6.64. The molecule has 0 fully saturated rings. The van der Waals surface area contributed by atoms with Crippen LogP contribution in [-0.2, 0) is 20.7 Å². The van der Waals surface area contributed by atoms with Crippen molar-refractivity contribution in [2.24, 2.45) is 0 Å². The third-order valence-corrected chi connectivity index (χ3v) is 5.16. The first-order valence-electron chi connectivity index (χ1n) is 6.58. The maximum atomic E-state index is 12.0. The van der Waals surface area contributed by atoms with Gasteiger partial charge in [0.2, 0.25) is 0 Å². The van der Waals surface area contributed by atoms with Crippen molar-refractivity contribution in [3.05, 3.63) is 46.2 Å². The zero-order valence-electron chi connectivity index (χ0n) is 12.0. The van der Waals surface area contributed by atoms with Gasteiger partial charge in [0.05, 0.1) is 18.6 Å². The summed E-state index contributed by atoms with van der Waals surface area (Å²) >= 11 is 1.57. The third kappa shape index (κ3) is 4.30. The predicted octanol–water partition coefficient (Wildman–Crippen LogP) is 3.40. The van der Waals surface area contributed by atoms with E-state index in [1.54, 1.807) is 42.7 Å². The quantitative estimate of drug-likeness (QED) is 0.578. The normalized spacial score (nSPS) is 11.5. The van der Waals surface area contributed by atoms with Gasteiger partial charge in [-0.15, -0.1) is 11.3 Å². The van der Waals surface area contributed by atoms with E-state index in [4.69, 9.17) is 8.92 Å². The molecule has 1 heterocycles. The minimum absolute atomic E-state index is 0.162. The van der Waals surface area contributed by atoms with Gasteiger partial charge in [-0.1, -0.05) is 17.7 Å². The van der Waals surface area contributed by atoms with Gasteiger partial charge in [0.1, 0.15) is 5.75 Å². The minimum Gasteiger partial charge on any atom is -0.496 e. The van der Waals surface area contributed by atoms with E-state index in [9.17, 15) is 8.42 Å². The van der Waals surface area contributed by atoms with E-state index >= 15 is 0 Å². The van der Waals surface area contributed by atoms with E-state index in [1.807, 2.05) is 17.7 Å². The lowest BCUT2D eigenvalue weighted by atomic mass is 10.2. The first kappa shape index (κ1) is 16.0. The lowest BCUT2D eigenvalue weighted by molar-refractivity contribution is 0.311. The summed E-state index contributed by atoms with van der Waals surface area (Å²) in [5.41, 5.74) is 2.09. The first-order chi connectivity index (χ1) is 10.0. The molecule has 0 N–H and O–H groups in total. The Kier molecular flexibility index (Phi) is 5.39. The summed E-state index contributed by atoms with van der Waals surface area (Å²) in [5, 5.41) is 3.94. The highest BCUT2D eigenvalue weighted by Gasteiger charge is 2.14. The molecule has 1 aromatic heterocycles.